The van der Waals surface area contributed by atoms with E-state index in [1.165, 1.54) is 23.1 Å². The summed E-state index contributed by atoms with van der Waals surface area (Å²) in [6.07, 6.45) is 1.51. The Morgan fingerprint density at radius 3 is 2.27 bits per heavy atom. The largest absolute Gasteiger partial charge is 0.506 e. The van der Waals surface area contributed by atoms with Crippen LogP contribution in [0.25, 0.3) is 5.69 Å². The summed E-state index contributed by atoms with van der Waals surface area (Å²) < 4.78 is 10.3. The molecule has 1 saturated heterocycles. The van der Waals surface area contributed by atoms with Crippen LogP contribution in [0.15, 0.2) is 29.1 Å². The topological polar surface area (TPSA) is 115 Å². The molecule has 9 nitrogen and oxygen atoms in total. The summed E-state index contributed by atoms with van der Waals surface area (Å²) in [7, 11) is 2.17. The van der Waals surface area contributed by atoms with Crippen molar-refractivity contribution in [2.75, 3.05) is 27.3 Å². The first-order valence-electron chi connectivity index (χ1n) is 9.05. The van der Waals surface area contributed by atoms with Crippen LogP contribution in [0, 0.1) is 0 Å². The molecular formula is C20H19ClN2O7. The molecule has 1 aliphatic rings. The van der Waals surface area contributed by atoms with Crippen LogP contribution in [0.1, 0.15) is 44.0 Å². The predicted octanol–water partition coefficient (Wildman–Crippen LogP) is 2.01. The molecule has 30 heavy (non-hydrogen) atoms. The highest BCUT2D eigenvalue weighted by molar-refractivity contribution is 6.30. The summed E-state index contributed by atoms with van der Waals surface area (Å²) in [5.41, 5.74) is -2.19. The quantitative estimate of drug-likeness (QED) is 0.732. The number of methoxy groups -OCH3 is 2. The number of aromatic hydroxyl groups is 1. The van der Waals surface area contributed by atoms with Gasteiger partial charge in [0, 0.05) is 24.2 Å². The first-order chi connectivity index (χ1) is 14.3. The first-order valence-corrected chi connectivity index (χ1v) is 9.42. The third kappa shape index (κ3) is 3.76. The van der Waals surface area contributed by atoms with E-state index in [-0.39, 0.29) is 16.5 Å². The highest BCUT2D eigenvalue weighted by Gasteiger charge is 2.34. The zero-order chi connectivity index (χ0) is 22.0. The third-order valence-corrected chi connectivity index (χ3v) is 5.02. The number of halogens is 1. The molecule has 0 atom stereocenters. The predicted molar refractivity (Wildman–Crippen MR) is 107 cm³/mol. The van der Waals surface area contributed by atoms with Crippen molar-refractivity contribution in [2.45, 2.75) is 12.8 Å². The molecule has 1 aromatic heterocycles. The van der Waals surface area contributed by atoms with Gasteiger partial charge in [0.1, 0.15) is 17.0 Å². The molecule has 0 radical (unpaired) electrons. The van der Waals surface area contributed by atoms with Gasteiger partial charge in [0.2, 0.25) is 0 Å². The summed E-state index contributed by atoms with van der Waals surface area (Å²) in [6, 6.07) is 4.79. The standard InChI is InChI=1S/C20H19ClN2O7/c1-29-19(27)12-10-15(25)23(13-9-11(21)5-6-14(13)24)17(16(12)20(28)30-2)18(26)22-7-3-4-8-22/h5-6,9-10,24H,3-4,7-8H2,1-2H3. The maximum Gasteiger partial charge on any atom is 0.341 e. The first kappa shape index (κ1) is 21.4. The van der Waals surface area contributed by atoms with E-state index in [4.69, 9.17) is 16.3 Å². The molecule has 0 aliphatic carbocycles. The smallest absolute Gasteiger partial charge is 0.341 e. The highest BCUT2D eigenvalue weighted by Crippen LogP contribution is 2.29. The van der Waals surface area contributed by atoms with Crippen molar-refractivity contribution >= 4 is 29.4 Å². The minimum atomic E-state index is -1.01. The van der Waals surface area contributed by atoms with Gasteiger partial charge in [0.15, 0.2) is 0 Å². The van der Waals surface area contributed by atoms with Gasteiger partial charge in [-0.15, -0.1) is 0 Å². The van der Waals surface area contributed by atoms with Gasteiger partial charge in [-0.25, -0.2) is 9.59 Å². The number of ether oxygens (including phenoxy) is 2. The van der Waals surface area contributed by atoms with E-state index in [0.717, 1.165) is 37.7 Å². The lowest BCUT2D eigenvalue weighted by atomic mass is 10.0. The Kier molecular flexibility index (Phi) is 6.12. The van der Waals surface area contributed by atoms with Gasteiger partial charge in [-0.2, -0.15) is 0 Å². The van der Waals surface area contributed by atoms with Crippen LogP contribution in [0.2, 0.25) is 5.02 Å². The van der Waals surface area contributed by atoms with Crippen LogP contribution in [-0.4, -0.2) is 59.7 Å². The Hall–Kier alpha value is -3.33. The average Bonchev–Trinajstić information content (AvgIpc) is 3.28. The molecule has 0 unspecified atom stereocenters. The van der Waals surface area contributed by atoms with Crippen LogP contribution in [0.5, 0.6) is 5.75 Å². The van der Waals surface area contributed by atoms with Crippen molar-refractivity contribution < 1.29 is 29.0 Å². The zero-order valence-corrected chi connectivity index (χ0v) is 17.1. The second kappa shape index (κ2) is 8.58. The maximum absolute atomic E-state index is 13.4. The summed E-state index contributed by atoms with van der Waals surface area (Å²) >= 11 is 6.02. The minimum Gasteiger partial charge on any atom is -0.506 e. The van der Waals surface area contributed by atoms with Crippen molar-refractivity contribution in [1.29, 1.82) is 0 Å². The summed E-state index contributed by atoms with van der Waals surface area (Å²) in [4.78, 5) is 52.8. The normalized spacial score (nSPS) is 13.2. The minimum absolute atomic E-state index is 0.114. The summed E-state index contributed by atoms with van der Waals surface area (Å²) in [5, 5.41) is 10.5. The van der Waals surface area contributed by atoms with Gasteiger partial charge < -0.3 is 19.5 Å². The molecule has 2 aromatic rings. The van der Waals surface area contributed by atoms with E-state index in [9.17, 15) is 24.3 Å². The molecule has 0 saturated carbocycles. The second-order valence-corrected chi connectivity index (χ2v) is 7.01. The molecule has 0 spiro atoms. The van der Waals surface area contributed by atoms with Crippen molar-refractivity contribution in [3.05, 3.63) is 56.5 Å². The molecule has 158 valence electrons. The number of hydrogen-bond acceptors (Lipinski definition) is 7. The van der Waals surface area contributed by atoms with Crippen molar-refractivity contribution in [1.82, 2.24) is 9.47 Å². The Morgan fingerprint density at radius 2 is 1.67 bits per heavy atom. The van der Waals surface area contributed by atoms with E-state index in [0.29, 0.717) is 13.1 Å². The van der Waals surface area contributed by atoms with Gasteiger partial charge in [-0.05, 0) is 31.0 Å². The lowest BCUT2D eigenvalue weighted by molar-refractivity contribution is 0.0549. The number of benzene rings is 1. The lowest BCUT2D eigenvalue weighted by Crippen LogP contribution is -2.37. The maximum atomic E-state index is 13.4. The van der Waals surface area contributed by atoms with Gasteiger partial charge in [-0.1, -0.05) is 11.6 Å². The number of phenols is 1. The number of rotatable bonds is 4. The van der Waals surface area contributed by atoms with Crippen molar-refractivity contribution in [3.8, 4) is 11.4 Å². The fourth-order valence-electron chi connectivity index (χ4n) is 3.38. The Bertz CT molecular complexity index is 1090. The fraction of sp³-hybridized carbons (Fsp3) is 0.300. The number of phenolic OH excluding ortho intramolecular Hbond substituents is 1. The van der Waals surface area contributed by atoms with Crippen LogP contribution in [0.3, 0.4) is 0 Å². The van der Waals surface area contributed by atoms with Gasteiger partial charge in [0.05, 0.1) is 25.5 Å². The number of likely N-dealkylation sites (tertiary alicyclic amines) is 1. The summed E-state index contributed by atoms with van der Waals surface area (Å²) in [6.45, 7) is 0.829. The van der Waals surface area contributed by atoms with Gasteiger partial charge in [0.25, 0.3) is 11.5 Å². The number of hydrogen-bond donors (Lipinski definition) is 1. The SMILES string of the molecule is COC(=O)c1cc(=O)n(-c2cc(Cl)ccc2O)c(C(=O)N2CCCC2)c1C(=O)OC. The molecule has 0 bridgehead atoms. The molecule has 10 heteroatoms. The second-order valence-electron chi connectivity index (χ2n) is 6.57. The molecule has 1 amide bonds. The zero-order valence-electron chi connectivity index (χ0n) is 16.3. The van der Waals surface area contributed by atoms with E-state index in [2.05, 4.69) is 4.74 Å². The number of carbonyl (C=O) groups is 3. The average molecular weight is 435 g/mol. The summed E-state index contributed by atoms with van der Waals surface area (Å²) in [5.74, 6) is -2.99. The van der Waals surface area contributed by atoms with Gasteiger partial charge >= 0.3 is 11.9 Å². The number of aromatic nitrogens is 1. The molecular weight excluding hydrogens is 416 g/mol. The Morgan fingerprint density at radius 1 is 1.03 bits per heavy atom. The van der Waals surface area contributed by atoms with E-state index in [1.54, 1.807) is 0 Å². The lowest BCUT2D eigenvalue weighted by Gasteiger charge is -2.22. The highest BCUT2D eigenvalue weighted by atomic mass is 35.5. The molecule has 1 fully saturated rings. The van der Waals surface area contributed by atoms with Crippen molar-refractivity contribution in [2.24, 2.45) is 0 Å². The molecule has 3 rings (SSSR count). The molecule has 2 heterocycles. The number of nitrogens with zero attached hydrogens (tertiary/aromatic N) is 2. The number of esters is 2. The van der Waals surface area contributed by atoms with E-state index in [1.807, 2.05) is 0 Å². The molecule has 1 aromatic carbocycles. The molecule has 1 N–H and O–H groups in total. The Labute approximate surface area is 176 Å². The van der Waals surface area contributed by atoms with Crippen LogP contribution >= 0.6 is 11.6 Å². The van der Waals surface area contributed by atoms with Crippen LogP contribution in [-0.2, 0) is 9.47 Å². The fourth-order valence-corrected chi connectivity index (χ4v) is 3.54. The monoisotopic (exact) mass is 434 g/mol. The van der Waals surface area contributed by atoms with Crippen molar-refractivity contribution in [3.63, 3.8) is 0 Å². The number of carbonyl (C=O) groups excluding carboxylic acids is 3. The third-order valence-electron chi connectivity index (χ3n) is 4.79. The number of pyridine rings is 1. The van der Waals surface area contributed by atoms with Crippen LogP contribution < -0.4 is 5.56 Å². The number of amides is 1. The van der Waals surface area contributed by atoms with E-state index >= 15 is 0 Å². The Balaban J connectivity index is 2.45. The van der Waals surface area contributed by atoms with Gasteiger partial charge in [-0.3, -0.25) is 14.2 Å². The van der Waals surface area contributed by atoms with Crippen LogP contribution in [0.4, 0.5) is 0 Å². The van der Waals surface area contributed by atoms with E-state index < -0.39 is 40.2 Å². The molecule has 1 aliphatic heterocycles.